The van der Waals surface area contributed by atoms with Crippen LogP contribution in [0.1, 0.15) is 51.5 Å². The first-order valence-electron chi connectivity index (χ1n) is 9.39. The summed E-state index contributed by atoms with van der Waals surface area (Å²) < 4.78 is 1.44. The SMILES string of the molecule is CCCCCCN1C(=O)/C(=C2/C(=O)N(CCC)c3ccc(Br)cc32)SC1=S. The highest BCUT2D eigenvalue weighted by Gasteiger charge is 2.41. The third kappa shape index (κ3) is 4.00. The molecule has 2 heterocycles. The van der Waals surface area contributed by atoms with Crippen molar-refractivity contribution in [2.45, 2.75) is 46.0 Å². The Bertz CT molecular complexity index is 822. The van der Waals surface area contributed by atoms with E-state index < -0.39 is 0 Å². The molecule has 2 aliphatic heterocycles. The number of carbonyl (C=O) groups is 2. The van der Waals surface area contributed by atoms with E-state index in [9.17, 15) is 9.59 Å². The molecule has 3 rings (SSSR count). The fourth-order valence-corrected chi connectivity index (χ4v) is 5.15. The molecule has 0 bridgehead atoms. The number of thiocarbonyl (C=S) groups is 1. The van der Waals surface area contributed by atoms with Crippen LogP contribution in [0.5, 0.6) is 0 Å². The van der Waals surface area contributed by atoms with Gasteiger partial charge in [-0.2, -0.15) is 0 Å². The number of benzene rings is 1. The van der Waals surface area contributed by atoms with Crippen LogP contribution in [0.25, 0.3) is 5.57 Å². The van der Waals surface area contributed by atoms with Crippen LogP contribution in [0.4, 0.5) is 5.69 Å². The molecule has 4 nitrogen and oxygen atoms in total. The van der Waals surface area contributed by atoms with Gasteiger partial charge in [-0.1, -0.05) is 73.0 Å². The van der Waals surface area contributed by atoms with E-state index in [1.165, 1.54) is 11.8 Å². The molecule has 0 N–H and O–H groups in total. The molecule has 0 aliphatic carbocycles. The average molecular weight is 467 g/mol. The maximum atomic E-state index is 13.1. The minimum absolute atomic E-state index is 0.101. The zero-order chi connectivity index (χ0) is 19.6. The molecule has 1 fully saturated rings. The fourth-order valence-electron chi connectivity index (χ4n) is 3.41. The highest BCUT2D eigenvalue weighted by atomic mass is 79.9. The van der Waals surface area contributed by atoms with Crippen molar-refractivity contribution in [1.82, 2.24) is 4.90 Å². The molecule has 1 aromatic carbocycles. The van der Waals surface area contributed by atoms with Crippen LogP contribution in [0.2, 0.25) is 0 Å². The van der Waals surface area contributed by atoms with Crippen molar-refractivity contribution in [2.24, 2.45) is 0 Å². The van der Waals surface area contributed by atoms with Crippen molar-refractivity contribution in [3.63, 3.8) is 0 Å². The minimum atomic E-state index is -0.130. The van der Waals surface area contributed by atoms with Gasteiger partial charge in [-0.05, 0) is 31.0 Å². The predicted octanol–water partition coefficient (Wildman–Crippen LogP) is 5.36. The van der Waals surface area contributed by atoms with Crippen LogP contribution in [-0.4, -0.2) is 34.1 Å². The van der Waals surface area contributed by atoms with E-state index in [0.29, 0.717) is 27.9 Å². The summed E-state index contributed by atoms with van der Waals surface area (Å²) in [5, 5.41) is 0. The first kappa shape index (κ1) is 20.6. The number of fused-ring (bicyclic) bond motifs is 1. The molecule has 27 heavy (non-hydrogen) atoms. The molecule has 0 radical (unpaired) electrons. The Hall–Kier alpha value is -1.18. The zero-order valence-electron chi connectivity index (χ0n) is 15.6. The Morgan fingerprint density at radius 3 is 2.48 bits per heavy atom. The Morgan fingerprint density at radius 2 is 1.78 bits per heavy atom. The second-order valence-corrected chi connectivity index (χ2v) is 9.27. The van der Waals surface area contributed by atoms with Crippen molar-refractivity contribution in [3.05, 3.63) is 33.1 Å². The van der Waals surface area contributed by atoms with Crippen LogP contribution in [-0.2, 0) is 9.59 Å². The molecule has 144 valence electrons. The number of carbonyl (C=O) groups excluding carboxylic acids is 2. The molecule has 0 unspecified atom stereocenters. The number of anilines is 1. The van der Waals surface area contributed by atoms with Gasteiger partial charge >= 0.3 is 0 Å². The van der Waals surface area contributed by atoms with Gasteiger partial charge in [0.1, 0.15) is 4.32 Å². The van der Waals surface area contributed by atoms with Crippen molar-refractivity contribution in [2.75, 3.05) is 18.0 Å². The van der Waals surface area contributed by atoms with Gasteiger partial charge in [0.05, 0.1) is 16.2 Å². The molecule has 0 aromatic heterocycles. The number of hydrogen-bond acceptors (Lipinski definition) is 4. The third-order valence-corrected chi connectivity index (χ3v) is 6.68. The summed E-state index contributed by atoms with van der Waals surface area (Å²) in [6, 6.07) is 5.79. The fraction of sp³-hybridized carbons (Fsp3) is 0.450. The molecule has 1 saturated heterocycles. The quantitative estimate of drug-likeness (QED) is 0.308. The first-order chi connectivity index (χ1) is 13.0. The molecular weight excluding hydrogens is 444 g/mol. The number of nitrogens with zero attached hydrogens (tertiary/aromatic N) is 2. The van der Waals surface area contributed by atoms with E-state index in [1.54, 1.807) is 9.80 Å². The summed E-state index contributed by atoms with van der Waals surface area (Å²) >= 11 is 10.2. The Kier molecular flexibility index (Phi) is 6.76. The van der Waals surface area contributed by atoms with Crippen LogP contribution in [0.3, 0.4) is 0 Å². The summed E-state index contributed by atoms with van der Waals surface area (Å²) in [6.07, 6.45) is 5.17. The number of hydrogen-bond donors (Lipinski definition) is 0. The Labute approximate surface area is 178 Å². The maximum absolute atomic E-state index is 13.1. The highest BCUT2D eigenvalue weighted by Crippen LogP contribution is 2.45. The summed E-state index contributed by atoms with van der Waals surface area (Å²) in [5.74, 6) is -0.231. The second kappa shape index (κ2) is 8.88. The highest BCUT2D eigenvalue weighted by molar-refractivity contribution is 9.10. The lowest BCUT2D eigenvalue weighted by Gasteiger charge is -2.15. The van der Waals surface area contributed by atoms with Crippen molar-refractivity contribution < 1.29 is 9.59 Å². The second-order valence-electron chi connectivity index (χ2n) is 6.71. The Balaban J connectivity index is 1.95. The summed E-state index contributed by atoms with van der Waals surface area (Å²) in [7, 11) is 0. The average Bonchev–Trinajstić information content (AvgIpc) is 3.06. The zero-order valence-corrected chi connectivity index (χ0v) is 18.8. The maximum Gasteiger partial charge on any atom is 0.267 e. The number of amides is 2. The van der Waals surface area contributed by atoms with Gasteiger partial charge in [0, 0.05) is 23.1 Å². The normalized spacial score (nSPS) is 19.4. The van der Waals surface area contributed by atoms with Crippen LogP contribution >= 0.6 is 39.9 Å². The standard InChI is InChI=1S/C20H23BrN2O2S2/c1-3-5-6-7-11-23-19(25)17(27-20(23)26)16-14-12-13(21)8-9-15(14)22(10-4-2)18(16)24/h8-9,12H,3-7,10-11H2,1-2H3/b17-16-. The largest absolute Gasteiger partial charge is 0.308 e. The smallest absolute Gasteiger partial charge is 0.267 e. The molecule has 0 saturated carbocycles. The topological polar surface area (TPSA) is 40.6 Å². The lowest BCUT2D eigenvalue weighted by Crippen LogP contribution is -2.30. The van der Waals surface area contributed by atoms with Gasteiger partial charge in [0.25, 0.3) is 11.8 Å². The third-order valence-electron chi connectivity index (χ3n) is 4.74. The van der Waals surface area contributed by atoms with Gasteiger partial charge in [-0.25, -0.2) is 0 Å². The Morgan fingerprint density at radius 1 is 1.00 bits per heavy atom. The van der Waals surface area contributed by atoms with Gasteiger partial charge in [-0.3, -0.25) is 14.5 Å². The number of halogens is 1. The molecular formula is C20H23BrN2O2S2. The molecule has 7 heteroatoms. The molecule has 2 amide bonds. The minimum Gasteiger partial charge on any atom is -0.308 e. The number of thioether (sulfide) groups is 1. The number of unbranched alkanes of at least 4 members (excludes halogenated alkanes) is 3. The summed E-state index contributed by atoms with van der Waals surface area (Å²) in [5.41, 5.74) is 2.18. The predicted molar refractivity (Wildman–Crippen MR) is 120 cm³/mol. The van der Waals surface area contributed by atoms with E-state index in [4.69, 9.17) is 12.2 Å². The van der Waals surface area contributed by atoms with Crippen LogP contribution in [0.15, 0.2) is 27.6 Å². The molecule has 0 spiro atoms. The van der Waals surface area contributed by atoms with E-state index in [2.05, 4.69) is 22.9 Å². The van der Waals surface area contributed by atoms with Gasteiger partial charge in [0.2, 0.25) is 0 Å². The van der Waals surface area contributed by atoms with E-state index >= 15 is 0 Å². The van der Waals surface area contributed by atoms with E-state index in [1.807, 2.05) is 25.1 Å². The summed E-state index contributed by atoms with van der Waals surface area (Å²) in [6.45, 7) is 5.46. The first-order valence-corrected chi connectivity index (χ1v) is 11.4. The molecule has 0 atom stereocenters. The van der Waals surface area contributed by atoms with Gasteiger partial charge in [0.15, 0.2) is 0 Å². The lowest BCUT2D eigenvalue weighted by molar-refractivity contribution is -0.122. The van der Waals surface area contributed by atoms with Crippen LogP contribution in [0, 0.1) is 0 Å². The van der Waals surface area contributed by atoms with E-state index in [0.717, 1.165) is 47.8 Å². The molecule has 1 aromatic rings. The summed E-state index contributed by atoms with van der Waals surface area (Å²) in [4.78, 5) is 30.1. The number of rotatable bonds is 7. The van der Waals surface area contributed by atoms with Crippen molar-refractivity contribution >= 4 is 67.3 Å². The van der Waals surface area contributed by atoms with Crippen molar-refractivity contribution in [3.8, 4) is 0 Å². The van der Waals surface area contributed by atoms with Gasteiger partial charge in [-0.15, -0.1) is 0 Å². The van der Waals surface area contributed by atoms with Crippen molar-refractivity contribution in [1.29, 1.82) is 0 Å². The van der Waals surface area contributed by atoms with Gasteiger partial charge < -0.3 is 4.90 Å². The van der Waals surface area contributed by atoms with E-state index in [-0.39, 0.29) is 11.8 Å². The van der Waals surface area contributed by atoms with Crippen LogP contribution < -0.4 is 4.90 Å². The molecule has 2 aliphatic rings. The lowest BCUT2D eigenvalue weighted by atomic mass is 10.1. The monoisotopic (exact) mass is 466 g/mol.